The van der Waals surface area contributed by atoms with Crippen molar-refractivity contribution in [2.45, 2.75) is 84.0 Å². The number of rotatable bonds is 11. The monoisotopic (exact) mass is 297 g/mol. The van der Waals surface area contributed by atoms with Gasteiger partial charge in [-0.2, -0.15) is 0 Å². The standard InChI is InChI=1S/C18H35NO2/c1-2-3-4-5-6-7-8-13-18(21)19-14-16-11-9-10-12-17(16)15-20/h16-17,20H,2-15H2,1H3,(H,19,21). The number of aliphatic hydroxyl groups excluding tert-OH is 1. The molecule has 2 unspecified atom stereocenters. The molecule has 2 N–H and O–H groups in total. The molecule has 3 heteroatoms. The molecule has 124 valence electrons. The van der Waals surface area contributed by atoms with Gasteiger partial charge in [0.05, 0.1) is 0 Å². The second-order valence-corrected chi connectivity index (χ2v) is 6.66. The van der Waals surface area contributed by atoms with Crippen LogP contribution in [0.2, 0.25) is 0 Å². The summed E-state index contributed by atoms with van der Waals surface area (Å²) in [4.78, 5) is 11.8. The Morgan fingerprint density at radius 2 is 1.62 bits per heavy atom. The maximum atomic E-state index is 11.8. The number of hydrogen-bond acceptors (Lipinski definition) is 2. The molecule has 0 spiro atoms. The van der Waals surface area contributed by atoms with Crippen LogP contribution in [-0.4, -0.2) is 24.2 Å². The number of aliphatic hydroxyl groups is 1. The number of amides is 1. The largest absolute Gasteiger partial charge is 0.396 e. The molecule has 1 amide bonds. The Labute approximate surface area is 130 Å². The maximum Gasteiger partial charge on any atom is 0.220 e. The van der Waals surface area contributed by atoms with Crippen molar-refractivity contribution in [2.75, 3.05) is 13.2 Å². The number of unbranched alkanes of at least 4 members (excludes halogenated alkanes) is 6. The first-order chi connectivity index (χ1) is 10.3. The van der Waals surface area contributed by atoms with Gasteiger partial charge in [0, 0.05) is 19.6 Å². The maximum absolute atomic E-state index is 11.8. The van der Waals surface area contributed by atoms with E-state index in [4.69, 9.17) is 0 Å². The first kappa shape index (κ1) is 18.5. The predicted octanol–water partition coefficient (Wildman–Crippen LogP) is 4.04. The van der Waals surface area contributed by atoms with Gasteiger partial charge < -0.3 is 10.4 Å². The molecule has 1 saturated carbocycles. The summed E-state index contributed by atoms with van der Waals surface area (Å²) >= 11 is 0. The average Bonchev–Trinajstić information content (AvgIpc) is 2.52. The molecule has 1 aliphatic rings. The zero-order chi connectivity index (χ0) is 15.3. The summed E-state index contributed by atoms with van der Waals surface area (Å²) in [6.07, 6.45) is 14.2. The molecule has 0 radical (unpaired) electrons. The Kier molecular flexibility index (Phi) is 10.6. The highest BCUT2D eigenvalue weighted by Crippen LogP contribution is 2.29. The molecule has 2 atom stereocenters. The molecule has 0 aliphatic heterocycles. The zero-order valence-corrected chi connectivity index (χ0v) is 13.9. The molecule has 1 aliphatic carbocycles. The third-order valence-corrected chi connectivity index (χ3v) is 4.87. The van der Waals surface area contributed by atoms with E-state index < -0.39 is 0 Å². The molecule has 1 fully saturated rings. The molecule has 3 nitrogen and oxygen atoms in total. The van der Waals surface area contributed by atoms with Gasteiger partial charge in [0.2, 0.25) is 5.91 Å². The number of carbonyl (C=O) groups is 1. The Morgan fingerprint density at radius 3 is 2.29 bits per heavy atom. The normalized spacial score (nSPS) is 22.2. The average molecular weight is 297 g/mol. The summed E-state index contributed by atoms with van der Waals surface area (Å²) in [5.74, 6) is 1.09. The summed E-state index contributed by atoms with van der Waals surface area (Å²) in [7, 11) is 0. The molecule has 0 heterocycles. The predicted molar refractivity (Wildman–Crippen MR) is 88.2 cm³/mol. The van der Waals surface area contributed by atoms with Crippen LogP contribution in [0.3, 0.4) is 0 Å². The van der Waals surface area contributed by atoms with Gasteiger partial charge in [-0.3, -0.25) is 4.79 Å². The van der Waals surface area contributed by atoms with E-state index in [1.807, 2.05) is 0 Å². The van der Waals surface area contributed by atoms with Crippen LogP contribution in [0.25, 0.3) is 0 Å². The summed E-state index contributed by atoms with van der Waals surface area (Å²) in [5.41, 5.74) is 0. The van der Waals surface area contributed by atoms with E-state index in [2.05, 4.69) is 12.2 Å². The van der Waals surface area contributed by atoms with Crippen LogP contribution >= 0.6 is 0 Å². The van der Waals surface area contributed by atoms with Crippen LogP contribution in [0.4, 0.5) is 0 Å². The minimum Gasteiger partial charge on any atom is -0.396 e. The van der Waals surface area contributed by atoms with E-state index in [0.717, 1.165) is 25.8 Å². The Balaban J connectivity index is 2.00. The topological polar surface area (TPSA) is 49.3 Å². The summed E-state index contributed by atoms with van der Waals surface area (Å²) < 4.78 is 0. The zero-order valence-electron chi connectivity index (χ0n) is 13.9. The first-order valence-electron chi connectivity index (χ1n) is 9.15. The van der Waals surface area contributed by atoms with E-state index >= 15 is 0 Å². The minimum atomic E-state index is 0.200. The minimum absolute atomic E-state index is 0.200. The van der Waals surface area contributed by atoms with Crippen LogP contribution in [0.15, 0.2) is 0 Å². The molecule has 0 bridgehead atoms. The molecule has 0 aromatic carbocycles. The highest BCUT2D eigenvalue weighted by atomic mass is 16.3. The van der Waals surface area contributed by atoms with Crippen molar-refractivity contribution in [3.63, 3.8) is 0 Å². The van der Waals surface area contributed by atoms with E-state index in [1.54, 1.807) is 0 Å². The van der Waals surface area contributed by atoms with Crippen LogP contribution < -0.4 is 5.32 Å². The van der Waals surface area contributed by atoms with Gasteiger partial charge in [0.25, 0.3) is 0 Å². The van der Waals surface area contributed by atoms with Crippen LogP contribution in [0.5, 0.6) is 0 Å². The van der Waals surface area contributed by atoms with Crippen LogP contribution in [-0.2, 0) is 4.79 Å². The highest BCUT2D eigenvalue weighted by Gasteiger charge is 2.24. The molecule has 1 rings (SSSR count). The lowest BCUT2D eigenvalue weighted by Crippen LogP contribution is -2.35. The Morgan fingerprint density at radius 1 is 1.00 bits per heavy atom. The SMILES string of the molecule is CCCCCCCCCC(=O)NCC1CCCCC1CO. The number of hydrogen-bond donors (Lipinski definition) is 2. The fourth-order valence-electron chi connectivity index (χ4n) is 3.37. The smallest absolute Gasteiger partial charge is 0.220 e. The fraction of sp³-hybridized carbons (Fsp3) is 0.944. The van der Waals surface area contributed by atoms with Crippen molar-refractivity contribution in [3.05, 3.63) is 0 Å². The van der Waals surface area contributed by atoms with Crippen molar-refractivity contribution >= 4 is 5.91 Å². The molecule has 0 aromatic heterocycles. The van der Waals surface area contributed by atoms with Gasteiger partial charge in [-0.15, -0.1) is 0 Å². The molecular weight excluding hydrogens is 262 g/mol. The van der Waals surface area contributed by atoms with Crippen LogP contribution in [0, 0.1) is 11.8 Å². The van der Waals surface area contributed by atoms with Gasteiger partial charge in [-0.05, 0) is 31.1 Å². The summed E-state index contributed by atoms with van der Waals surface area (Å²) in [6.45, 7) is 3.27. The summed E-state index contributed by atoms with van der Waals surface area (Å²) in [5, 5.41) is 12.5. The van der Waals surface area contributed by atoms with Crippen molar-refractivity contribution in [2.24, 2.45) is 11.8 Å². The molecule has 0 aromatic rings. The quantitative estimate of drug-likeness (QED) is 0.565. The van der Waals surface area contributed by atoms with E-state index in [1.165, 1.54) is 51.4 Å². The van der Waals surface area contributed by atoms with Gasteiger partial charge >= 0.3 is 0 Å². The lowest BCUT2D eigenvalue weighted by Gasteiger charge is -2.30. The van der Waals surface area contributed by atoms with E-state index in [0.29, 0.717) is 18.3 Å². The Hall–Kier alpha value is -0.570. The summed E-state index contributed by atoms with van der Waals surface area (Å²) in [6, 6.07) is 0. The van der Waals surface area contributed by atoms with Gasteiger partial charge in [0.1, 0.15) is 0 Å². The second kappa shape index (κ2) is 12.0. The fourth-order valence-corrected chi connectivity index (χ4v) is 3.37. The van der Waals surface area contributed by atoms with Crippen LogP contribution in [0.1, 0.15) is 84.0 Å². The third kappa shape index (κ3) is 8.45. The molecule has 21 heavy (non-hydrogen) atoms. The third-order valence-electron chi connectivity index (χ3n) is 4.87. The van der Waals surface area contributed by atoms with Crippen molar-refractivity contribution in [1.82, 2.24) is 5.32 Å². The van der Waals surface area contributed by atoms with E-state index in [9.17, 15) is 9.90 Å². The lowest BCUT2D eigenvalue weighted by molar-refractivity contribution is -0.121. The van der Waals surface area contributed by atoms with Gasteiger partial charge in [-0.1, -0.05) is 58.3 Å². The highest BCUT2D eigenvalue weighted by molar-refractivity contribution is 5.75. The second-order valence-electron chi connectivity index (χ2n) is 6.66. The van der Waals surface area contributed by atoms with Crippen molar-refractivity contribution in [3.8, 4) is 0 Å². The Bertz CT molecular complexity index is 268. The molecular formula is C18H35NO2. The lowest BCUT2D eigenvalue weighted by atomic mass is 9.79. The van der Waals surface area contributed by atoms with Crippen molar-refractivity contribution in [1.29, 1.82) is 0 Å². The molecule has 0 saturated heterocycles. The van der Waals surface area contributed by atoms with Gasteiger partial charge in [-0.25, -0.2) is 0 Å². The van der Waals surface area contributed by atoms with Gasteiger partial charge in [0.15, 0.2) is 0 Å². The number of nitrogens with one attached hydrogen (secondary N) is 1. The first-order valence-corrected chi connectivity index (χ1v) is 9.15. The van der Waals surface area contributed by atoms with Crippen molar-refractivity contribution < 1.29 is 9.90 Å². The number of carbonyl (C=O) groups excluding carboxylic acids is 1. The van der Waals surface area contributed by atoms with E-state index in [-0.39, 0.29) is 12.5 Å².